The molecule has 0 saturated carbocycles. The Hall–Kier alpha value is -1.02. The molecule has 0 radical (unpaired) electrons. The van der Waals surface area contributed by atoms with Crippen LogP contribution in [0.5, 0.6) is 0 Å². The quantitative estimate of drug-likeness (QED) is 0.326. The molecular weight excluding hydrogens is 405 g/mol. The number of ether oxygens (including phenoxy) is 1. The molecule has 1 aromatic rings. The van der Waals surface area contributed by atoms with Crippen molar-refractivity contribution < 1.29 is 22.8 Å². The molecule has 1 heterocycles. The van der Waals surface area contributed by atoms with E-state index in [1.165, 1.54) is 6.07 Å². The molecule has 0 bridgehead atoms. The van der Waals surface area contributed by atoms with E-state index in [-0.39, 0.29) is 24.2 Å². The zero-order chi connectivity index (χ0) is 19.5. The topological polar surface area (TPSA) is 27.7 Å². The first-order chi connectivity index (χ1) is 12.1. The van der Waals surface area contributed by atoms with Gasteiger partial charge in [0.2, 0.25) is 0 Å². The van der Waals surface area contributed by atoms with Crippen LogP contribution in [0.4, 0.5) is 8.78 Å². The molecule has 0 unspecified atom stereocenters. The van der Waals surface area contributed by atoms with Crippen molar-refractivity contribution in [1.29, 1.82) is 0 Å². The summed E-state index contributed by atoms with van der Waals surface area (Å²) in [6.45, 7) is 11.5. The van der Waals surface area contributed by atoms with Gasteiger partial charge in [0.1, 0.15) is 11.5 Å². The number of hydrogen-bond donors (Lipinski definition) is 0. The highest BCUT2D eigenvalue weighted by Gasteiger charge is 2.53. The van der Waals surface area contributed by atoms with E-state index in [0.29, 0.717) is 11.1 Å². The predicted octanol–water partition coefficient (Wildman–Crippen LogP) is 5.49. The van der Waals surface area contributed by atoms with Gasteiger partial charge in [-0.2, -0.15) is 0 Å². The lowest BCUT2D eigenvalue weighted by Gasteiger charge is -2.32. The van der Waals surface area contributed by atoms with Gasteiger partial charge in [-0.1, -0.05) is 22.0 Å². The second-order valence-electron chi connectivity index (χ2n) is 7.15. The summed E-state index contributed by atoms with van der Waals surface area (Å²) in [7, 11) is -1.19. The molecule has 1 fully saturated rings. The van der Waals surface area contributed by atoms with Crippen LogP contribution < -0.4 is 0 Å². The third kappa shape index (κ3) is 4.63. The molecule has 0 atom stereocenters. The van der Waals surface area contributed by atoms with E-state index in [0.717, 1.165) is 0 Å². The molecule has 1 aromatic carbocycles. The van der Waals surface area contributed by atoms with Gasteiger partial charge in [0.25, 0.3) is 0 Å². The van der Waals surface area contributed by atoms with E-state index in [9.17, 15) is 4.39 Å². The zero-order valence-corrected chi connectivity index (χ0v) is 17.2. The van der Waals surface area contributed by atoms with E-state index in [1.807, 2.05) is 27.7 Å². The molecular formula is C19H24BBrF2O3. The molecule has 26 heavy (non-hydrogen) atoms. The largest absolute Gasteiger partial charge is 0.525 e. The molecule has 1 aliphatic rings. The van der Waals surface area contributed by atoms with Crippen LogP contribution in [0.1, 0.15) is 39.7 Å². The second kappa shape index (κ2) is 8.34. The first-order valence-electron chi connectivity index (χ1n) is 8.47. The van der Waals surface area contributed by atoms with E-state index in [4.69, 9.17) is 14.0 Å². The maximum absolute atomic E-state index is 15.3. The van der Waals surface area contributed by atoms with Crippen LogP contribution in [0.2, 0.25) is 0 Å². The molecule has 1 aliphatic heterocycles. The average Bonchev–Trinajstić information content (AvgIpc) is 2.78. The average molecular weight is 429 g/mol. The van der Waals surface area contributed by atoms with Crippen LogP contribution in [0, 0.1) is 5.82 Å². The fourth-order valence-corrected chi connectivity index (χ4v) is 2.90. The fraction of sp³-hybridized carbons (Fsp3) is 0.474. The SMILES string of the molecule is C=CCOCCC(=C(F)B1OC(C)(C)C(C)(C)O1)c1cc(Br)ccc1F. The first kappa shape index (κ1) is 21.3. The summed E-state index contributed by atoms with van der Waals surface area (Å²) in [5.41, 5.74) is -1.67. The molecule has 2 rings (SSSR count). The Bertz CT molecular complexity index is 688. The van der Waals surface area contributed by atoms with Crippen LogP contribution in [0.15, 0.2) is 41.1 Å². The molecule has 3 nitrogen and oxygen atoms in total. The fourth-order valence-electron chi connectivity index (χ4n) is 2.54. The Morgan fingerprint density at radius 2 is 1.88 bits per heavy atom. The summed E-state index contributed by atoms with van der Waals surface area (Å²) in [4.78, 5) is 0. The van der Waals surface area contributed by atoms with Gasteiger partial charge in [0.05, 0.1) is 24.4 Å². The van der Waals surface area contributed by atoms with Crippen molar-refractivity contribution in [3.8, 4) is 0 Å². The Labute approximate surface area is 162 Å². The highest BCUT2D eigenvalue weighted by atomic mass is 79.9. The van der Waals surface area contributed by atoms with Gasteiger partial charge in [0.15, 0.2) is 0 Å². The Balaban J connectivity index is 2.40. The third-order valence-electron chi connectivity index (χ3n) is 4.73. The first-order valence-corrected chi connectivity index (χ1v) is 9.26. The number of rotatable bonds is 7. The smallest absolute Gasteiger partial charge is 0.398 e. The van der Waals surface area contributed by atoms with Gasteiger partial charge in [-0.3, -0.25) is 0 Å². The third-order valence-corrected chi connectivity index (χ3v) is 5.23. The Morgan fingerprint density at radius 3 is 2.46 bits per heavy atom. The maximum Gasteiger partial charge on any atom is 0.525 e. The standard InChI is InChI=1S/C19H24BBrF2O3/c1-6-10-24-11-9-14(15-12-13(21)7-8-16(15)22)17(23)20-25-18(2,3)19(4,5)26-20/h6-8,12H,1,9-11H2,2-5H3. The van der Waals surface area contributed by atoms with Gasteiger partial charge >= 0.3 is 7.12 Å². The summed E-state index contributed by atoms with van der Waals surface area (Å²) in [5.74, 6) is -0.515. The molecule has 0 aliphatic carbocycles. The summed E-state index contributed by atoms with van der Waals surface area (Å²) >= 11 is 3.31. The Morgan fingerprint density at radius 1 is 1.27 bits per heavy atom. The van der Waals surface area contributed by atoms with Crippen molar-refractivity contribution in [3.63, 3.8) is 0 Å². The minimum absolute atomic E-state index is 0.161. The lowest BCUT2D eigenvalue weighted by molar-refractivity contribution is 0.00578. The summed E-state index contributed by atoms with van der Waals surface area (Å²) in [6, 6.07) is 4.40. The minimum atomic E-state index is -1.19. The normalized spacial score (nSPS) is 19.4. The number of hydrogen-bond acceptors (Lipinski definition) is 3. The summed E-state index contributed by atoms with van der Waals surface area (Å²) < 4.78 is 47.3. The van der Waals surface area contributed by atoms with Crippen LogP contribution >= 0.6 is 15.9 Å². The molecule has 7 heteroatoms. The van der Waals surface area contributed by atoms with Crippen LogP contribution in [-0.2, 0) is 14.0 Å². The number of benzene rings is 1. The van der Waals surface area contributed by atoms with E-state index >= 15 is 4.39 Å². The van der Waals surface area contributed by atoms with Gasteiger partial charge in [0, 0.05) is 10.0 Å². The second-order valence-corrected chi connectivity index (χ2v) is 8.07. The Kier molecular flexibility index (Phi) is 6.83. The van der Waals surface area contributed by atoms with E-state index in [1.54, 1.807) is 18.2 Å². The monoisotopic (exact) mass is 428 g/mol. The van der Waals surface area contributed by atoms with Crippen molar-refractivity contribution in [2.75, 3.05) is 13.2 Å². The minimum Gasteiger partial charge on any atom is -0.398 e. The maximum atomic E-state index is 15.3. The predicted molar refractivity (Wildman–Crippen MR) is 104 cm³/mol. The molecule has 0 aromatic heterocycles. The lowest BCUT2D eigenvalue weighted by atomic mass is 9.81. The summed E-state index contributed by atoms with van der Waals surface area (Å²) in [6.07, 6.45) is 1.78. The molecule has 0 spiro atoms. The van der Waals surface area contributed by atoms with Crippen LogP contribution in [0.3, 0.4) is 0 Å². The van der Waals surface area contributed by atoms with E-state index < -0.39 is 29.9 Å². The van der Waals surface area contributed by atoms with E-state index in [2.05, 4.69) is 22.5 Å². The molecule has 142 valence electrons. The van der Waals surface area contributed by atoms with Crippen molar-refractivity contribution in [2.45, 2.75) is 45.3 Å². The van der Waals surface area contributed by atoms with Gasteiger partial charge in [-0.25, -0.2) is 8.78 Å². The molecule has 0 amide bonds. The van der Waals surface area contributed by atoms with Gasteiger partial charge in [-0.05, 0) is 57.9 Å². The van der Waals surface area contributed by atoms with Crippen LogP contribution in [0.25, 0.3) is 5.57 Å². The number of halogens is 3. The van der Waals surface area contributed by atoms with Crippen molar-refractivity contribution in [3.05, 3.63) is 52.4 Å². The highest BCUT2D eigenvalue weighted by molar-refractivity contribution is 9.10. The summed E-state index contributed by atoms with van der Waals surface area (Å²) in [5, 5.41) is 0. The van der Waals surface area contributed by atoms with Crippen molar-refractivity contribution in [2.24, 2.45) is 0 Å². The van der Waals surface area contributed by atoms with Crippen molar-refractivity contribution >= 4 is 28.6 Å². The van der Waals surface area contributed by atoms with Gasteiger partial charge < -0.3 is 14.0 Å². The lowest BCUT2D eigenvalue weighted by Crippen LogP contribution is -2.41. The molecule has 1 saturated heterocycles. The van der Waals surface area contributed by atoms with Crippen LogP contribution in [-0.4, -0.2) is 31.5 Å². The van der Waals surface area contributed by atoms with Crippen molar-refractivity contribution in [1.82, 2.24) is 0 Å². The highest BCUT2D eigenvalue weighted by Crippen LogP contribution is 2.41. The zero-order valence-electron chi connectivity index (χ0n) is 15.6. The van der Waals surface area contributed by atoms with Gasteiger partial charge in [-0.15, -0.1) is 6.58 Å². The molecule has 0 N–H and O–H groups in total.